The Morgan fingerprint density at radius 3 is 2.79 bits per heavy atom. The molecule has 0 radical (unpaired) electrons. The van der Waals surface area contributed by atoms with Crippen molar-refractivity contribution in [3.05, 3.63) is 41.1 Å². The molecule has 2 aromatic rings. The Bertz CT molecular complexity index is 600. The maximum absolute atomic E-state index is 11.1. The third kappa shape index (κ3) is 2.85. The number of oxazole rings is 1. The first-order chi connectivity index (χ1) is 8.97. The predicted molar refractivity (Wildman–Crippen MR) is 71.1 cm³/mol. The van der Waals surface area contributed by atoms with Gasteiger partial charge in [-0.2, -0.15) is 0 Å². The van der Waals surface area contributed by atoms with Crippen LogP contribution < -0.4 is 11.1 Å². The van der Waals surface area contributed by atoms with E-state index in [1.807, 2.05) is 13.8 Å². The van der Waals surface area contributed by atoms with E-state index in [9.17, 15) is 4.79 Å². The zero-order valence-corrected chi connectivity index (χ0v) is 10.7. The molecule has 6 nitrogen and oxygen atoms in total. The Morgan fingerprint density at radius 1 is 1.47 bits per heavy atom. The summed E-state index contributed by atoms with van der Waals surface area (Å²) < 4.78 is 5.41. The normalized spacial score (nSPS) is 10.4. The standard InChI is InChI=1S/C13H15N3O3/c1-7-8(2)19-12(16-7)6-15-11-4-3-9(14)5-10(11)13(17)18/h3-5,15H,6,14H2,1-2H3,(H,17,18). The van der Waals surface area contributed by atoms with Crippen molar-refractivity contribution in [3.8, 4) is 0 Å². The molecule has 1 aromatic carbocycles. The Labute approximate surface area is 110 Å². The van der Waals surface area contributed by atoms with Crippen molar-refractivity contribution >= 4 is 17.3 Å². The number of aromatic carboxylic acids is 1. The first kappa shape index (κ1) is 12.9. The molecule has 0 saturated heterocycles. The van der Waals surface area contributed by atoms with Gasteiger partial charge in [-0.05, 0) is 32.0 Å². The van der Waals surface area contributed by atoms with Crippen LogP contribution in [0.4, 0.5) is 11.4 Å². The fourth-order valence-corrected chi connectivity index (χ4v) is 1.68. The maximum atomic E-state index is 11.1. The second-order valence-corrected chi connectivity index (χ2v) is 4.21. The van der Waals surface area contributed by atoms with Crippen LogP contribution in [-0.4, -0.2) is 16.1 Å². The molecule has 1 heterocycles. The summed E-state index contributed by atoms with van der Waals surface area (Å²) in [6.45, 7) is 4.00. The molecule has 19 heavy (non-hydrogen) atoms. The second-order valence-electron chi connectivity index (χ2n) is 4.21. The van der Waals surface area contributed by atoms with Crippen molar-refractivity contribution in [1.29, 1.82) is 0 Å². The molecule has 0 aliphatic rings. The number of aryl methyl sites for hydroxylation is 2. The molecule has 0 saturated carbocycles. The minimum Gasteiger partial charge on any atom is -0.478 e. The summed E-state index contributed by atoms with van der Waals surface area (Å²) in [6.07, 6.45) is 0. The van der Waals surface area contributed by atoms with Crippen LogP contribution in [0.2, 0.25) is 0 Å². The fourth-order valence-electron chi connectivity index (χ4n) is 1.68. The van der Waals surface area contributed by atoms with Crippen LogP contribution in [0.1, 0.15) is 27.7 Å². The lowest BCUT2D eigenvalue weighted by molar-refractivity contribution is 0.0698. The number of benzene rings is 1. The SMILES string of the molecule is Cc1nc(CNc2ccc(N)cc2C(=O)O)oc1C. The Kier molecular flexibility index (Phi) is 3.41. The van der Waals surface area contributed by atoms with Gasteiger partial charge in [-0.25, -0.2) is 9.78 Å². The Balaban J connectivity index is 2.17. The van der Waals surface area contributed by atoms with Crippen LogP contribution in [0.25, 0.3) is 0 Å². The van der Waals surface area contributed by atoms with Crippen LogP contribution in [0.5, 0.6) is 0 Å². The fraction of sp³-hybridized carbons (Fsp3) is 0.231. The van der Waals surface area contributed by atoms with Gasteiger partial charge in [0, 0.05) is 11.4 Å². The number of nitrogens with two attached hydrogens (primary N) is 1. The quantitative estimate of drug-likeness (QED) is 0.729. The highest BCUT2D eigenvalue weighted by atomic mass is 16.4. The number of nitrogens with one attached hydrogen (secondary N) is 1. The highest BCUT2D eigenvalue weighted by molar-refractivity contribution is 5.95. The molecule has 0 bridgehead atoms. The van der Waals surface area contributed by atoms with Crippen molar-refractivity contribution in [1.82, 2.24) is 4.98 Å². The average Bonchev–Trinajstić information content (AvgIpc) is 2.67. The van der Waals surface area contributed by atoms with Gasteiger partial charge in [-0.1, -0.05) is 0 Å². The zero-order valence-electron chi connectivity index (χ0n) is 10.7. The highest BCUT2D eigenvalue weighted by Gasteiger charge is 2.11. The molecule has 4 N–H and O–H groups in total. The summed E-state index contributed by atoms with van der Waals surface area (Å²) >= 11 is 0. The van der Waals surface area contributed by atoms with E-state index in [2.05, 4.69) is 10.3 Å². The number of hydrogen-bond donors (Lipinski definition) is 3. The van der Waals surface area contributed by atoms with E-state index in [4.69, 9.17) is 15.3 Å². The number of nitrogens with zero attached hydrogens (tertiary/aromatic N) is 1. The molecule has 0 spiro atoms. The lowest BCUT2D eigenvalue weighted by Crippen LogP contribution is -2.07. The van der Waals surface area contributed by atoms with Gasteiger partial charge in [0.05, 0.1) is 17.8 Å². The highest BCUT2D eigenvalue weighted by Crippen LogP contribution is 2.20. The number of anilines is 2. The van der Waals surface area contributed by atoms with Gasteiger partial charge in [0.15, 0.2) is 0 Å². The van der Waals surface area contributed by atoms with E-state index in [-0.39, 0.29) is 5.56 Å². The Hall–Kier alpha value is -2.50. The van der Waals surface area contributed by atoms with Crippen molar-refractivity contribution in [2.45, 2.75) is 20.4 Å². The molecular formula is C13H15N3O3. The number of carbonyl (C=O) groups is 1. The molecule has 0 aliphatic carbocycles. The third-order valence-electron chi connectivity index (χ3n) is 2.78. The zero-order chi connectivity index (χ0) is 14.0. The molecule has 0 aliphatic heterocycles. The lowest BCUT2D eigenvalue weighted by atomic mass is 10.1. The van der Waals surface area contributed by atoms with E-state index >= 15 is 0 Å². The number of rotatable bonds is 4. The first-order valence-corrected chi connectivity index (χ1v) is 5.77. The molecule has 0 amide bonds. The van der Waals surface area contributed by atoms with Crippen molar-refractivity contribution < 1.29 is 14.3 Å². The third-order valence-corrected chi connectivity index (χ3v) is 2.78. The molecule has 1 aromatic heterocycles. The summed E-state index contributed by atoms with van der Waals surface area (Å²) in [5.41, 5.74) is 7.42. The maximum Gasteiger partial charge on any atom is 0.337 e. The van der Waals surface area contributed by atoms with Crippen LogP contribution in [0, 0.1) is 13.8 Å². The topological polar surface area (TPSA) is 101 Å². The summed E-state index contributed by atoms with van der Waals surface area (Å²) in [5, 5.41) is 12.1. The van der Waals surface area contributed by atoms with E-state index in [1.54, 1.807) is 12.1 Å². The van der Waals surface area contributed by atoms with Crippen LogP contribution >= 0.6 is 0 Å². The van der Waals surface area contributed by atoms with Crippen molar-refractivity contribution in [3.63, 3.8) is 0 Å². The summed E-state index contributed by atoms with van der Waals surface area (Å²) in [4.78, 5) is 15.3. The molecular weight excluding hydrogens is 246 g/mol. The van der Waals surface area contributed by atoms with Gasteiger partial charge >= 0.3 is 5.97 Å². The van der Waals surface area contributed by atoms with E-state index < -0.39 is 5.97 Å². The van der Waals surface area contributed by atoms with Gasteiger partial charge in [0.25, 0.3) is 0 Å². The predicted octanol–water partition coefficient (Wildman–Crippen LogP) is 2.18. The number of carboxylic acid groups (broad SMARTS) is 1. The van der Waals surface area contributed by atoms with Crippen LogP contribution in [0.15, 0.2) is 22.6 Å². The number of nitrogen functional groups attached to an aromatic ring is 1. The Morgan fingerprint density at radius 2 is 2.21 bits per heavy atom. The molecule has 0 atom stereocenters. The molecule has 6 heteroatoms. The van der Waals surface area contributed by atoms with Gasteiger partial charge in [0.2, 0.25) is 5.89 Å². The smallest absolute Gasteiger partial charge is 0.337 e. The lowest BCUT2D eigenvalue weighted by Gasteiger charge is -2.08. The number of carboxylic acids is 1. The van der Waals surface area contributed by atoms with E-state index in [0.717, 1.165) is 11.5 Å². The van der Waals surface area contributed by atoms with Gasteiger partial charge in [-0.3, -0.25) is 0 Å². The van der Waals surface area contributed by atoms with Crippen LogP contribution in [0.3, 0.4) is 0 Å². The van der Waals surface area contributed by atoms with Crippen molar-refractivity contribution in [2.24, 2.45) is 0 Å². The van der Waals surface area contributed by atoms with Gasteiger partial charge in [-0.15, -0.1) is 0 Å². The largest absolute Gasteiger partial charge is 0.478 e. The van der Waals surface area contributed by atoms with E-state index in [1.165, 1.54) is 6.07 Å². The van der Waals surface area contributed by atoms with E-state index in [0.29, 0.717) is 23.8 Å². The molecule has 0 unspecified atom stereocenters. The first-order valence-electron chi connectivity index (χ1n) is 5.77. The van der Waals surface area contributed by atoms with Crippen LogP contribution in [-0.2, 0) is 6.54 Å². The monoisotopic (exact) mass is 261 g/mol. The van der Waals surface area contributed by atoms with Gasteiger partial charge < -0.3 is 20.6 Å². The number of hydrogen-bond acceptors (Lipinski definition) is 5. The average molecular weight is 261 g/mol. The molecule has 0 fully saturated rings. The second kappa shape index (κ2) is 5.01. The summed E-state index contributed by atoms with van der Waals surface area (Å²) in [5.74, 6) is 0.241. The summed E-state index contributed by atoms with van der Waals surface area (Å²) in [6, 6.07) is 4.68. The van der Waals surface area contributed by atoms with Gasteiger partial charge in [0.1, 0.15) is 5.76 Å². The molecule has 2 rings (SSSR count). The minimum atomic E-state index is -1.03. The summed E-state index contributed by atoms with van der Waals surface area (Å²) in [7, 11) is 0. The number of aromatic nitrogens is 1. The minimum absolute atomic E-state index is 0.125. The molecule has 100 valence electrons. The van der Waals surface area contributed by atoms with Crippen molar-refractivity contribution in [2.75, 3.05) is 11.1 Å².